The molecule has 0 saturated carbocycles. The Morgan fingerprint density at radius 3 is 2.79 bits per heavy atom. The van der Waals surface area contributed by atoms with Crippen molar-refractivity contribution in [1.29, 1.82) is 0 Å². The summed E-state index contributed by atoms with van der Waals surface area (Å²) in [7, 11) is 0. The van der Waals surface area contributed by atoms with Gasteiger partial charge in [-0.05, 0) is 59.3 Å². The Hall–Kier alpha value is -1.63. The standard InChI is InChI=1S/C14H12FIN2O/c1-8-3-2-4-10(13(8)16)14(19)18-12-7-9(17)5-6-11(12)15/h2-7H,17H2,1H3,(H,18,19). The highest BCUT2D eigenvalue weighted by atomic mass is 127. The van der Waals surface area contributed by atoms with Gasteiger partial charge in [0.1, 0.15) is 5.82 Å². The van der Waals surface area contributed by atoms with Crippen molar-refractivity contribution in [3.63, 3.8) is 0 Å². The average Bonchev–Trinajstić information content (AvgIpc) is 2.37. The molecular formula is C14H12FIN2O. The molecule has 0 aliphatic carbocycles. The van der Waals surface area contributed by atoms with Crippen LogP contribution in [-0.4, -0.2) is 5.91 Å². The SMILES string of the molecule is Cc1cccc(C(=O)Nc2cc(N)ccc2F)c1I. The zero-order valence-electron chi connectivity index (χ0n) is 10.2. The highest BCUT2D eigenvalue weighted by molar-refractivity contribution is 14.1. The highest BCUT2D eigenvalue weighted by Crippen LogP contribution is 2.21. The van der Waals surface area contributed by atoms with Gasteiger partial charge >= 0.3 is 0 Å². The van der Waals surface area contributed by atoms with E-state index in [9.17, 15) is 9.18 Å². The van der Waals surface area contributed by atoms with Gasteiger partial charge in [0.05, 0.1) is 11.3 Å². The van der Waals surface area contributed by atoms with Crippen LogP contribution < -0.4 is 11.1 Å². The molecule has 5 heteroatoms. The van der Waals surface area contributed by atoms with Crippen LogP contribution in [-0.2, 0) is 0 Å². The van der Waals surface area contributed by atoms with Crippen molar-refractivity contribution >= 4 is 39.9 Å². The maximum atomic E-state index is 13.6. The topological polar surface area (TPSA) is 55.1 Å². The van der Waals surface area contributed by atoms with Gasteiger partial charge in [0.25, 0.3) is 5.91 Å². The summed E-state index contributed by atoms with van der Waals surface area (Å²) in [5.41, 5.74) is 7.58. The number of rotatable bonds is 2. The van der Waals surface area contributed by atoms with E-state index in [4.69, 9.17) is 5.73 Å². The third-order valence-electron chi connectivity index (χ3n) is 2.68. The molecule has 0 radical (unpaired) electrons. The number of anilines is 2. The molecule has 0 aromatic heterocycles. The van der Waals surface area contributed by atoms with Crippen molar-refractivity contribution in [3.8, 4) is 0 Å². The lowest BCUT2D eigenvalue weighted by atomic mass is 10.1. The fraction of sp³-hybridized carbons (Fsp3) is 0.0714. The maximum Gasteiger partial charge on any atom is 0.256 e. The summed E-state index contributed by atoms with van der Waals surface area (Å²) in [5, 5.41) is 2.54. The van der Waals surface area contributed by atoms with E-state index in [1.807, 2.05) is 13.0 Å². The molecule has 0 aliphatic rings. The Morgan fingerprint density at radius 1 is 1.32 bits per heavy atom. The Kier molecular flexibility index (Phi) is 4.04. The molecule has 19 heavy (non-hydrogen) atoms. The fourth-order valence-electron chi connectivity index (χ4n) is 1.65. The van der Waals surface area contributed by atoms with Gasteiger partial charge in [0, 0.05) is 9.26 Å². The van der Waals surface area contributed by atoms with E-state index in [0.717, 1.165) is 9.13 Å². The third-order valence-corrected chi connectivity index (χ3v) is 4.11. The molecule has 0 heterocycles. The molecule has 0 saturated heterocycles. The predicted octanol–water partition coefficient (Wildman–Crippen LogP) is 3.57. The second-order valence-corrected chi connectivity index (χ2v) is 5.21. The highest BCUT2D eigenvalue weighted by Gasteiger charge is 2.13. The second-order valence-electron chi connectivity index (χ2n) is 4.13. The molecule has 2 rings (SSSR count). The number of nitrogens with two attached hydrogens (primary N) is 1. The molecule has 1 amide bonds. The van der Waals surface area contributed by atoms with Crippen LogP contribution in [0.2, 0.25) is 0 Å². The number of benzene rings is 2. The van der Waals surface area contributed by atoms with Gasteiger partial charge in [0.15, 0.2) is 0 Å². The van der Waals surface area contributed by atoms with Gasteiger partial charge in [-0.25, -0.2) is 4.39 Å². The maximum absolute atomic E-state index is 13.6. The third kappa shape index (κ3) is 3.04. The molecule has 0 atom stereocenters. The summed E-state index contributed by atoms with van der Waals surface area (Å²) in [6.45, 7) is 1.92. The first-order valence-electron chi connectivity index (χ1n) is 5.60. The normalized spacial score (nSPS) is 10.3. The number of carbonyl (C=O) groups excluding carboxylic acids is 1. The molecule has 0 unspecified atom stereocenters. The first-order chi connectivity index (χ1) is 8.99. The van der Waals surface area contributed by atoms with Crippen LogP contribution in [0.15, 0.2) is 36.4 Å². The summed E-state index contributed by atoms with van der Waals surface area (Å²) in [4.78, 5) is 12.1. The van der Waals surface area contributed by atoms with Crippen molar-refractivity contribution in [1.82, 2.24) is 0 Å². The van der Waals surface area contributed by atoms with Crippen LogP contribution in [0.25, 0.3) is 0 Å². The van der Waals surface area contributed by atoms with Crippen LogP contribution in [0.4, 0.5) is 15.8 Å². The smallest absolute Gasteiger partial charge is 0.256 e. The first-order valence-corrected chi connectivity index (χ1v) is 6.68. The summed E-state index contributed by atoms with van der Waals surface area (Å²) in [5.74, 6) is -0.859. The van der Waals surface area contributed by atoms with E-state index in [1.54, 1.807) is 12.1 Å². The lowest BCUT2D eigenvalue weighted by molar-refractivity contribution is 0.102. The number of nitrogens with one attached hydrogen (secondary N) is 1. The zero-order chi connectivity index (χ0) is 14.0. The van der Waals surface area contributed by atoms with Crippen molar-refractivity contribution in [2.24, 2.45) is 0 Å². The number of hydrogen-bond acceptors (Lipinski definition) is 2. The Labute approximate surface area is 124 Å². The molecule has 3 N–H and O–H groups in total. The molecule has 3 nitrogen and oxygen atoms in total. The van der Waals surface area contributed by atoms with Crippen LogP contribution in [0.3, 0.4) is 0 Å². The molecule has 2 aromatic rings. The van der Waals surface area contributed by atoms with Gasteiger partial charge in [-0.15, -0.1) is 0 Å². The molecule has 0 spiro atoms. The Balaban J connectivity index is 2.31. The minimum atomic E-state index is -0.509. The van der Waals surface area contributed by atoms with E-state index in [0.29, 0.717) is 11.3 Å². The predicted molar refractivity (Wildman–Crippen MR) is 82.7 cm³/mol. The van der Waals surface area contributed by atoms with Crippen molar-refractivity contribution in [3.05, 3.63) is 56.9 Å². The minimum Gasteiger partial charge on any atom is -0.399 e. The quantitative estimate of drug-likeness (QED) is 0.627. The summed E-state index contributed by atoms with van der Waals surface area (Å²) in [6.07, 6.45) is 0. The van der Waals surface area contributed by atoms with Gasteiger partial charge in [0.2, 0.25) is 0 Å². The largest absolute Gasteiger partial charge is 0.399 e. The van der Waals surface area contributed by atoms with Gasteiger partial charge in [-0.3, -0.25) is 4.79 Å². The van der Waals surface area contributed by atoms with Crippen LogP contribution in [0, 0.1) is 16.3 Å². The van der Waals surface area contributed by atoms with E-state index in [-0.39, 0.29) is 11.6 Å². The first kappa shape index (κ1) is 13.8. The van der Waals surface area contributed by atoms with E-state index in [1.165, 1.54) is 18.2 Å². The molecular weight excluding hydrogens is 358 g/mol. The number of halogens is 2. The van der Waals surface area contributed by atoms with Crippen LogP contribution >= 0.6 is 22.6 Å². The fourth-order valence-corrected chi connectivity index (χ4v) is 2.26. The monoisotopic (exact) mass is 370 g/mol. The van der Waals surface area contributed by atoms with Gasteiger partial charge in [-0.2, -0.15) is 0 Å². The summed E-state index contributed by atoms with van der Waals surface area (Å²) >= 11 is 2.10. The van der Waals surface area contributed by atoms with E-state index >= 15 is 0 Å². The minimum absolute atomic E-state index is 0.0855. The summed E-state index contributed by atoms with van der Waals surface area (Å²) < 4.78 is 14.4. The summed E-state index contributed by atoms with van der Waals surface area (Å²) in [6, 6.07) is 9.49. The molecule has 2 aromatic carbocycles. The Bertz CT molecular complexity index is 643. The van der Waals surface area contributed by atoms with Crippen molar-refractivity contribution in [2.45, 2.75) is 6.92 Å². The average molecular weight is 370 g/mol. The number of carbonyl (C=O) groups is 1. The lowest BCUT2D eigenvalue weighted by Crippen LogP contribution is -2.15. The number of nitrogen functional groups attached to an aromatic ring is 1. The van der Waals surface area contributed by atoms with Crippen LogP contribution in [0.5, 0.6) is 0 Å². The number of amides is 1. The van der Waals surface area contributed by atoms with Crippen molar-refractivity contribution in [2.75, 3.05) is 11.1 Å². The van der Waals surface area contributed by atoms with Crippen molar-refractivity contribution < 1.29 is 9.18 Å². The van der Waals surface area contributed by atoms with E-state index in [2.05, 4.69) is 27.9 Å². The van der Waals surface area contributed by atoms with Gasteiger partial charge < -0.3 is 11.1 Å². The van der Waals surface area contributed by atoms with Gasteiger partial charge in [-0.1, -0.05) is 12.1 Å². The molecule has 0 fully saturated rings. The Morgan fingerprint density at radius 2 is 2.05 bits per heavy atom. The van der Waals surface area contributed by atoms with Crippen LogP contribution in [0.1, 0.15) is 15.9 Å². The zero-order valence-corrected chi connectivity index (χ0v) is 12.4. The second kappa shape index (κ2) is 5.56. The lowest BCUT2D eigenvalue weighted by Gasteiger charge is -2.09. The molecule has 98 valence electrons. The molecule has 0 aliphatic heterocycles. The number of hydrogen-bond donors (Lipinski definition) is 2. The molecule has 0 bridgehead atoms. The number of aryl methyl sites for hydroxylation is 1. The van der Waals surface area contributed by atoms with E-state index < -0.39 is 5.82 Å².